The van der Waals surface area contributed by atoms with Gasteiger partial charge in [0.1, 0.15) is 0 Å². The minimum atomic E-state index is -0.517. The van der Waals surface area contributed by atoms with Crippen LogP contribution in [0.3, 0.4) is 0 Å². The zero-order valence-electron chi connectivity index (χ0n) is 14.6. The van der Waals surface area contributed by atoms with Crippen molar-refractivity contribution in [3.8, 4) is 0 Å². The summed E-state index contributed by atoms with van der Waals surface area (Å²) in [6.45, 7) is 22.4. The van der Waals surface area contributed by atoms with Crippen LogP contribution in [0.1, 0.15) is 6.42 Å². The van der Waals surface area contributed by atoms with E-state index in [1.807, 2.05) is 0 Å². The summed E-state index contributed by atoms with van der Waals surface area (Å²) >= 11 is 0. The molecule has 0 aromatic carbocycles. The highest BCUT2D eigenvalue weighted by atomic mass is 16.5. The molecular weight excluding hydrogens is 320 g/mol. The Hall–Kier alpha value is -3.02. The van der Waals surface area contributed by atoms with E-state index in [0.717, 1.165) is 0 Å². The molecule has 136 valence electrons. The van der Waals surface area contributed by atoms with Crippen molar-refractivity contribution in [1.29, 1.82) is 0 Å². The lowest BCUT2D eigenvalue weighted by molar-refractivity contribution is -0.141. The topological polar surface area (TPSA) is 59.1 Å². The Morgan fingerprint density at radius 1 is 0.720 bits per heavy atom. The first kappa shape index (κ1) is 22.0. The predicted molar refractivity (Wildman–Crippen MR) is 99.0 cm³/mol. The van der Waals surface area contributed by atoms with E-state index in [4.69, 9.17) is 9.47 Å². The van der Waals surface area contributed by atoms with Gasteiger partial charge in [0, 0.05) is 17.6 Å². The second-order valence-electron chi connectivity index (χ2n) is 4.91. The second-order valence-corrected chi connectivity index (χ2v) is 4.91. The van der Waals surface area contributed by atoms with E-state index in [0.29, 0.717) is 6.42 Å². The van der Waals surface area contributed by atoms with Crippen LogP contribution in [0, 0.1) is 0 Å². The van der Waals surface area contributed by atoms with Crippen molar-refractivity contribution >= 4 is 11.9 Å². The van der Waals surface area contributed by atoms with Crippen LogP contribution < -0.4 is 0 Å². The van der Waals surface area contributed by atoms with E-state index < -0.39 is 11.9 Å². The summed E-state index contributed by atoms with van der Waals surface area (Å²) < 4.78 is 10.1. The van der Waals surface area contributed by atoms with Crippen LogP contribution in [0.5, 0.6) is 0 Å². The fraction of sp³-hybridized carbons (Fsp3) is 0.263. The van der Waals surface area contributed by atoms with Gasteiger partial charge in [0.05, 0.1) is 26.3 Å². The predicted octanol–water partition coefficient (Wildman–Crippen LogP) is 2.75. The second kappa shape index (κ2) is 12.4. The standard InChI is InChI=1S/C19H26N2O4/c1-7-20(8-2)14-16(5)18(22)24-12-11-13-25-19(23)17(6)15-21(9-3)10-4/h7-10H,1-6,11-15H2. The van der Waals surface area contributed by atoms with Gasteiger partial charge in [0.25, 0.3) is 0 Å². The van der Waals surface area contributed by atoms with Crippen molar-refractivity contribution in [3.05, 3.63) is 75.4 Å². The number of carbonyl (C=O) groups excluding carboxylic acids is 2. The van der Waals surface area contributed by atoms with Gasteiger partial charge >= 0.3 is 11.9 Å². The number of nitrogens with zero attached hydrogens (tertiary/aromatic N) is 2. The molecule has 6 heteroatoms. The molecule has 0 fully saturated rings. The molecule has 0 heterocycles. The van der Waals surface area contributed by atoms with E-state index in [2.05, 4.69) is 39.5 Å². The number of ether oxygens (including phenoxy) is 2. The van der Waals surface area contributed by atoms with Crippen molar-refractivity contribution in [3.63, 3.8) is 0 Å². The van der Waals surface area contributed by atoms with Crippen LogP contribution in [-0.2, 0) is 19.1 Å². The maximum atomic E-state index is 11.7. The first-order chi connectivity index (χ1) is 11.9. The molecule has 0 bridgehead atoms. The summed E-state index contributed by atoms with van der Waals surface area (Å²) in [4.78, 5) is 26.7. The molecule has 0 amide bonds. The zero-order chi connectivity index (χ0) is 19.2. The fourth-order valence-electron chi connectivity index (χ4n) is 1.57. The van der Waals surface area contributed by atoms with Gasteiger partial charge in [-0.25, -0.2) is 9.59 Å². The zero-order valence-corrected chi connectivity index (χ0v) is 14.6. The van der Waals surface area contributed by atoms with E-state index in [1.165, 1.54) is 24.8 Å². The van der Waals surface area contributed by atoms with Gasteiger partial charge in [-0.1, -0.05) is 39.5 Å². The lowest BCUT2D eigenvalue weighted by atomic mass is 10.3. The van der Waals surface area contributed by atoms with Crippen molar-refractivity contribution in [1.82, 2.24) is 9.80 Å². The molecule has 0 aliphatic heterocycles. The highest BCUT2D eigenvalue weighted by Gasteiger charge is 2.12. The minimum absolute atomic E-state index is 0.116. The van der Waals surface area contributed by atoms with Gasteiger partial charge in [-0.15, -0.1) is 0 Å². The number of carbonyl (C=O) groups is 2. The summed E-state index contributed by atoms with van der Waals surface area (Å²) in [6.07, 6.45) is 6.47. The third-order valence-corrected chi connectivity index (χ3v) is 3.02. The molecule has 0 atom stereocenters. The lowest BCUT2D eigenvalue weighted by Crippen LogP contribution is -2.21. The molecule has 0 unspecified atom stereocenters. The molecule has 0 aromatic heterocycles. The molecule has 0 aliphatic rings. The molecule has 0 spiro atoms. The summed E-state index contributed by atoms with van der Waals surface area (Å²) in [7, 11) is 0. The van der Waals surface area contributed by atoms with Crippen LogP contribution in [0.15, 0.2) is 75.4 Å². The van der Waals surface area contributed by atoms with E-state index in [9.17, 15) is 9.59 Å². The average Bonchev–Trinajstić information content (AvgIpc) is 2.62. The summed E-state index contributed by atoms with van der Waals surface area (Å²) in [5.74, 6) is -1.03. The Kier molecular flexibility index (Phi) is 10.9. The third-order valence-electron chi connectivity index (χ3n) is 3.02. The largest absolute Gasteiger partial charge is 0.462 e. The van der Waals surface area contributed by atoms with Gasteiger partial charge in [-0.3, -0.25) is 0 Å². The van der Waals surface area contributed by atoms with Crippen molar-refractivity contribution in [2.45, 2.75) is 6.42 Å². The molecule has 0 N–H and O–H groups in total. The summed E-state index contributed by atoms with van der Waals surface area (Å²) in [5, 5.41) is 0. The van der Waals surface area contributed by atoms with Crippen molar-refractivity contribution in [2.24, 2.45) is 0 Å². The Bertz CT molecular complexity index is 488. The molecule has 0 aliphatic carbocycles. The number of rotatable bonds is 14. The van der Waals surface area contributed by atoms with Crippen LogP contribution in [-0.4, -0.2) is 48.0 Å². The average molecular weight is 346 g/mol. The molecular formula is C19H26N2O4. The van der Waals surface area contributed by atoms with Crippen LogP contribution in [0.4, 0.5) is 0 Å². The molecule has 0 saturated carbocycles. The normalized spacial score (nSPS) is 9.28. The van der Waals surface area contributed by atoms with Gasteiger partial charge in [-0.2, -0.15) is 0 Å². The third kappa shape index (κ3) is 9.00. The van der Waals surface area contributed by atoms with Crippen LogP contribution in [0.2, 0.25) is 0 Å². The summed E-state index contributed by atoms with van der Waals surface area (Å²) in [6, 6.07) is 0. The Morgan fingerprint density at radius 2 is 1.04 bits per heavy atom. The highest BCUT2D eigenvalue weighted by molar-refractivity contribution is 5.88. The van der Waals surface area contributed by atoms with Gasteiger partial charge in [0.2, 0.25) is 0 Å². The number of hydrogen-bond donors (Lipinski definition) is 0. The van der Waals surface area contributed by atoms with Crippen molar-refractivity contribution in [2.75, 3.05) is 26.3 Å². The Balaban J connectivity index is 4.01. The minimum Gasteiger partial charge on any atom is -0.462 e. The lowest BCUT2D eigenvalue weighted by Gasteiger charge is -2.16. The smallest absolute Gasteiger partial charge is 0.335 e. The fourth-order valence-corrected chi connectivity index (χ4v) is 1.57. The monoisotopic (exact) mass is 346 g/mol. The maximum Gasteiger partial charge on any atom is 0.335 e. The van der Waals surface area contributed by atoms with Crippen molar-refractivity contribution < 1.29 is 19.1 Å². The van der Waals surface area contributed by atoms with E-state index >= 15 is 0 Å². The SMILES string of the molecule is C=CN(C=C)CC(=C)C(=O)OCCCOC(=O)C(=C)CN(C=C)C=C. The van der Waals surface area contributed by atoms with E-state index in [-0.39, 0.29) is 37.4 Å². The summed E-state index contributed by atoms with van der Waals surface area (Å²) in [5.41, 5.74) is 0.554. The first-order valence-corrected chi connectivity index (χ1v) is 7.61. The van der Waals surface area contributed by atoms with Gasteiger partial charge in [-0.05, 0) is 24.8 Å². The molecule has 0 radical (unpaired) electrons. The maximum absolute atomic E-state index is 11.7. The molecule has 0 aromatic rings. The Labute approximate surface area is 149 Å². The van der Waals surface area contributed by atoms with Gasteiger partial charge < -0.3 is 19.3 Å². The van der Waals surface area contributed by atoms with Gasteiger partial charge in [0.15, 0.2) is 0 Å². The molecule has 0 rings (SSSR count). The molecule has 6 nitrogen and oxygen atoms in total. The molecule has 25 heavy (non-hydrogen) atoms. The quantitative estimate of drug-likeness (QED) is 0.274. The highest BCUT2D eigenvalue weighted by Crippen LogP contribution is 2.03. The number of hydrogen-bond acceptors (Lipinski definition) is 6. The number of esters is 2. The Morgan fingerprint density at radius 3 is 1.32 bits per heavy atom. The first-order valence-electron chi connectivity index (χ1n) is 7.61. The van der Waals surface area contributed by atoms with Crippen LogP contribution >= 0.6 is 0 Å². The molecule has 0 saturated heterocycles. The van der Waals surface area contributed by atoms with Crippen LogP contribution in [0.25, 0.3) is 0 Å². The van der Waals surface area contributed by atoms with E-state index in [1.54, 1.807) is 9.80 Å².